The second-order valence-corrected chi connectivity index (χ2v) is 6.33. The number of rotatable bonds is 3. The van der Waals surface area contributed by atoms with E-state index in [1.54, 1.807) is 28.3 Å². The molecule has 1 aliphatic rings. The standard InChI is InChI=1S/C18H21ClN4O3/c1-3-26-18(25)22-11-9-21(10-12-22)17(24)15-13(2)20-23(16(15)19)14-7-5-4-6-8-14/h4-8H,3,9-12H2,1-2H3. The summed E-state index contributed by atoms with van der Waals surface area (Å²) in [6.07, 6.45) is -0.342. The SMILES string of the molecule is CCOC(=O)N1CCN(C(=O)c2c(C)nn(-c3ccccc3)c2Cl)CC1. The van der Waals surface area contributed by atoms with Crippen molar-refractivity contribution in [1.82, 2.24) is 19.6 Å². The minimum atomic E-state index is -0.342. The van der Waals surface area contributed by atoms with Crippen LogP contribution in [0.3, 0.4) is 0 Å². The largest absolute Gasteiger partial charge is 0.450 e. The van der Waals surface area contributed by atoms with E-state index in [2.05, 4.69) is 5.10 Å². The lowest BCUT2D eigenvalue weighted by atomic mass is 10.2. The maximum Gasteiger partial charge on any atom is 0.409 e. The first-order valence-electron chi connectivity index (χ1n) is 8.54. The van der Waals surface area contributed by atoms with Gasteiger partial charge in [-0.3, -0.25) is 4.79 Å². The van der Waals surface area contributed by atoms with Gasteiger partial charge in [-0.25, -0.2) is 9.48 Å². The molecule has 26 heavy (non-hydrogen) atoms. The number of para-hydroxylation sites is 1. The van der Waals surface area contributed by atoms with Crippen LogP contribution in [-0.2, 0) is 4.74 Å². The monoisotopic (exact) mass is 376 g/mol. The van der Waals surface area contributed by atoms with Gasteiger partial charge in [0, 0.05) is 26.2 Å². The van der Waals surface area contributed by atoms with Gasteiger partial charge < -0.3 is 14.5 Å². The van der Waals surface area contributed by atoms with Crippen molar-refractivity contribution < 1.29 is 14.3 Å². The summed E-state index contributed by atoms with van der Waals surface area (Å²) in [4.78, 5) is 28.0. The van der Waals surface area contributed by atoms with E-state index in [1.807, 2.05) is 30.3 Å². The predicted molar refractivity (Wildman–Crippen MR) is 97.8 cm³/mol. The van der Waals surface area contributed by atoms with Gasteiger partial charge in [-0.05, 0) is 26.0 Å². The molecule has 0 unspecified atom stereocenters. The van der Waals surface area contributed by atoms with Gasteiger partial charge >= 0.3 is 6.09 Å². The lowest BCUT2D eigenvalue weighted by Crippen LogP contribution is -2.50. The number of nitrogens with zero attached hydrogens (tertiary/aromatic N) is 4. The summed E-state index contributed by atoms with van der Waals surface area (Å²) in [6.45, 7) is 5.63. The molecule has 7 nitrogen and oxygen atoms in total. The van der Waals surface area contributed by atoms with Crippen molar-refractivity contribution in [3.8, 4) is 5.69 Å². The molecule has 0 spiro atoms. The van der Waals surface area contributed by atoms with E-state index in [0.29, 0.717) is 49.2 Å². The summed E-state index contributed by atoms with van der Waals surface area (Å²) in [7, 11) is 0. The summed E-state index contributed by atoms with van der Waals surface area (Å²) in [5.74, 6) is -0.168. The van der Waals surface area contributed by atoms with E-state index in [4.69, 9.17) is 16.3 Å². The highest BCUT2D eigenvalue weighted by Crippen LogP contribution is 2.25. The number of amides is 2. The number of carbonyl (C=O) groups excluding carboxylic acids is 2. The summed E-state index contributed by atoms with van der Waals surface area (Å²) in [5.41, 5.74) is 1.78. The molecule has 2 aromatic rings. The summed E-state index contributed by atoms with van der Waals surface area (Å²) in [5, 5.41) is 4.71. The molecule has 1 saturated heterocycles. The molecule has 2 heterocycles. The van der Waals surface area contributed by atoms with Crippen molar-refractivity contribution in [2.45, 2.75) is 13.8 Å². The maximum atomic E-state index is 12.9. The molecule has 1 fully saturated rings. The average Bonchev–Trinajstić information content (AvgIpc) is 2.96. The van der Waals surface area contributed by atoms with Gasteiger partial charge in [0.25, 0.3) is 5.91 Å². The van der Waals surface area contributed by atoms with Crippen molar-refractivity contribution in [2.24, 2.45) is 0 Å². The minimum absolute atomic E-state index is 0.168. The smallest absolute Gasteiger partial charge is 0.409 e. The maximum absolute atomic E-state index is 12.9. The van der Waals surface area contributed by atoms with E-state index < -0.39 is 0 Å². The fourth-order valence-corrected chi connectivity index (χ4v) is 3.30. The minimum Gasteiger partial charge on any atom is -0.450 e. The van der Waals surface area contributed by atoms with Crippen LogP contribution in [0.25, 0.3) is 5.69 Å². The molecule has 3 rings (SSSR count). The van der Waals surface area contributed by atoms with Crippen LogP contribution < -0.4 is 0 Å². The zero-order valence-electron chi connectivity index (χ0n) is 14.8. The van der Waals surface area contributed by atoms with E-state index >= 15 is 0 Å². The first-order valence-corrected chi connectivity index (χ1v) is 8.92. The van der Waals surface area contributed by atoms with Gasteiger partial charge in [-0.15, -0.1) is 0 Å². The Balaban J connectivity index is 1.75. The highest BCUT2D eigenvalue weighted by molar-refractivity contribution is 6.33. The fraction of sp³-hybridized carbons (Fsp3) is 0.389. The van der Waals surface area contributed by atoms with Crippen LogP contribution in [0.2, 0.25) is 5.15 Å². The van der Waals surface area contributed by atoms with Crippen LogP contribution in [0.5, 0.6) is 0 Å². The molecular weight excluding hydrogens is 356 g/mol. The van der Waals surface area contributed by atoms with E-state index in [9.17, 15) is 9.59 Å². The zero-order chi connectivity index (χ0) is 18.7. The molecule has 0 atom stereocenters. The lowest BCUT2D eigenvalue weighted by molar-refractivity contribution is 0.0570. The second-order valence-electron chi connectivity index (χ2n) is 5.98. The van der Waals surface area contributed by atoms with Crippen LogP contribution in [0.15, 0.2) is 30.3 Å². The van der Waals surface area contributed by atoms with Crippen LogP contribution in [0, 0.1) is 6.92 Å². The molecule has 8 heteroatoms. The molecule has 1 aromatic carbocycles. The Morgan fingerprint density at radius 3 is 2.35 bits per heavy atom. The Kier molecular flexibility index (Phi) is 5.46. The van der Waals surface area contributed by atoms with Crippen LogP contribution >= 0.6 is 11.6 Å². The van der Waals surface area contributed by atoms with Gasteiger partial charge in [0.15, 0.2) is 0 Å². The first-order chi connectivity index (χ1) is 12.5. The predicted octanol–water partition coefficient (Wildman–Crippen LogP) is 2.75. The number of ether oxygens (including phenoxy) is 1. The zero-order valence-corrected chi connectivity index (χ0v) is 15.6. The topological polar surface area (TPSA) is 67.7 Å². The molecular formula is C18H21ClN4O3. The van der Waals surface area contributed by atoms with Gasteiger partial charge in [-0.2, -0.15) is 5.10 Å². The van der Waals surface area contributed by atoms with Gasteiger partial charge in [0.1, 0.15) is 5.15 Å². The Bertz CT molecular complexity index is 798. The molecule has 0 N–H and O–H groups in total. The van der Waals surface area contributed by atoms with Crippen molar-refractivity contribution >= 4 is 23.6 Å². The highest BCUT2D eigenvalue weighted by Gasteiger charge is 2.29. The lowest BCUT2D eigenvalue weighted by Gasteiger charge is -2.34. The Hall–Kier alpha value is -2.54. The second kappa shape index (κ2) is 7.78. The third kappa shape index (κ3) is 3.53. The van der Waals surface area contributed by atoms with Gasteiger partial charge in [0.05, 0.1) is 23.6 Å². The third-order valence-corrected chi connectivity index (χ3v) is 4.66. The Morgan fingerprint density at radius 1 is 1.12 bits per heavy atom. The van der Waals surface area contributed by atoms with E-state index in [0.717, 1.165) is 5.69 Å². The molecule has 1 aliphatic heterocycles. The fourth-order valence-electron chi connectivity index (χ4n) is 2.95. The highest BCUT2D eigenvalue weighted by atomic mass is 35.5. The Labute approximate surface area is 157 Å². The van der Waals surface area contributed by atoms with E-state index in [-0.39, 0.29) is 12.0 Å². The normalized spacial score (nSPS) is 14.4. The van der Waals surface area contributed by atoms with Crippen molar-refractivity contribution in [2.75, 3.05) is 32.8 Å². The molecule has 0 radical (unpaired) electrons. The number of halogens is 1. The number of piperazine rings is 1. The quantitative estimate of drug-likeness (QED) is 0.826. The van der Waals surface area contributed by atoms with Crippen molar-refractivity contribution in [3.63, 3.8) is 0 Å². The number of hydrogen-bond acceptors (Lipinski definition) is 4. The summed E-state index contributed by atoms with van der Waals surface area (Å²) < 4.78 is 6.57. The van der Waals surface area contributed by atoms with Crippen LogP contribution in [-0.4, -0.2) is 64.4 Å². The number of aromatic nitrogens is 2. The molecule has 2 amide bonds. The Morgan fingerprint density at radius 2 is 1.73 bits per heavy atom. The van der Waals surface area contributed by atoms with Crippen LogP contribution in [0.4, 0.5) is 4.79 Å². The number of aryl methyl sites for hydroxylation is 1. The third-order valence-electron chi connectivity index (χ3n) is 4.31. The first kappa shape index (κ1) is 18.3. The van der Waals surface area contributed by atoms with Gasteiger partial charge in [-0.1, -0.05) is 29.8 Å². The average molecular weight is 377 g/mol. The summed E-state index contributed by atoms with van der Waals surface area (Å²) in [6, 6.07) is 9.44. The molecule has 138 valence electrons. The summed E-state index contributed by atoms with van der Waals surface area (Å²) >= 11 is 6.47. The number of benzene rings is 1. The molecule has 0 aliphatic carbocycles. The molecule has 0 saturated carbocycles. The number of carbonyl (C=O) groups is 2. The van der Waals surface area contributed by atoms with Gasteiger partial charge in [0.2, 0.25) is 0 Å². The molecule has 1 aromatic heterocycles. The van der Waals surface area contributed by atoms with E-state index in [1.165, 1.54) is 0 Å². The number of hydrogen-bond donors (Lipinski definition) is 0. The van der Waals surface area contributed by atoms with Crippen LogP contribution in [0.1, 0.15) is 23.0 Å². The van der Waals surface area contributed by atoms with Crippen molar-refractivity contribution in [1.29, 1.82) is 0 Å². The van der Waals surface area contributed by atoms with Crippen molar-refractivity contribution in [3.05, 3.63) is 46.7 Å². The molecule has 0 bridgehead atoms.